The number of hydrogen-bond donors (Lipinski definition) is 1. The Morgan fingerprint density at radius 2 is 2.09 bits per heavy atom. The summed E-state index contributed by atoms with van der Waals surface area (Å²) in [7, 11) is 0.724. The molecule has 1 aromatic rings. The topological polar surface area (TPSA) is 90.6 Å². The zero-order valence-electron chi connectivity index (χ0n) is 12.8. The number of sulfone groups is 1. The van der Waals surface area contributed by atoms with Gasteiger partial charge >= 0.3 is 0 Å². The van der Waals surface area contributed by atoms with Gasteiger partial charge in [-0.15, -0.1) is 0 Å². The minimum atomic E-state index is -3.07. The molecule has 2 heterocycles. The van der Waals surface area contributed by atoms with Crippen molar-refractivity contribution in [2.24, 2.45) is 0 Å². The number of H-pyrrole nitrogens is 1. The van der Waals surface area contributed by atoms with Crippen LogP contribution in [0.25, 0.3) is 0 Å². The van der Waals surface area contributed by atoms with Crippen molar-refractivity contribution in [3.63, 3.8) is 0 Å². The van der Waals surface area contributed by atoms with Gasteiger partial charge in [0.1, 0.15) is 5.69 Å². The molecule has 1 N–H and O–H groups in total. The number of amides is 1. The summed E-state index contributed by atoms with van der Waals surface area (Å²) < 4.78 is 23.4. The first-order valence-corrected chi connectivity index (χ1v) is 8.95. The Morgan fingerprint density at radius 1 is 1.36 bits per heavy atom. The molecule has 122 valence electrons. The molecule has 1 atom stereocenters. The summed E-state index contributed by atoms with van der Waals surface area (Å²) in [4.78, 5) is 29.7. The lowest BCUT2D eigenvalue weighted by molar-refractivity contribution is 0.0678. The molecule has 0 saturated carbocycles. The normalized spacial score (nSPS) is 20.2. The third kappa shape index (κ3) is 3.95. The van der Waals surface area contributed by atoms with Gasteiger partial charge in [0.2, 0.25) is 0 Å². The smallest absolute Gasteiger partial charge is 0.270 e. The Bertz CT molecular complexity index is 651. The Labute approximate surface area is 130 Å². The van der Waals surface area contributed by atoms with Crippen LogP contribution in [0.15, 0.2) is 12.1 Å². The van der Waals surface area contributed by atoms with E-state index in [1.54, 1.807) is 11.0 Å². The van der Waals surface area contributed by atoms with E-state index in [0.29, 0.717) is 37.2 Å². The third-order valence-corrected chi connectivity index (χ3v) is 5.51. The molecule has 1 fully saturated rings. The van der Waals surface area contributed by atoms with Crippen LogP contribution in [-0.2, 0) is 9.84 Å². The standard InChI is InChI=1S/C14H21N3O4S/c1-16(2)6-7-17(12-5-8-22(20,21)10-12)14(19)13-4-3-11(9-18)15-13/h3-4,9,12,15H,5-8,10H2,1-2H3. The number of nitrogens with one attached hydrogen (secondary N) is 1. The number of carbonyl (C=O) groups is 2. The zero-order valence-corrected chi connectivity index (χ0v) is 13.6. The monoisotopic (exact) mass is 327 g/mol. The molecule has 0 aliphatic carbocycles. The molecule has 0 aromatic carbocycles. The lowest BCUT2D eigenvalue weighted by Gasteiger charge is -2.29. The van der Waals surface area contributed by atoms with Crippen LogP contribution in [0.4, 0.5) is 0 Å². The molecule has 22 heavy (non-hydrogen) atoms. The van der Waals surface area contributed by atoms with E-state index in [0.717, 1.165) is 0 Å². The van der Waals surface area contributed by atoms with Gasteiger partial charge in [0.15, 0.2) is 16.1 Å². The average Bonchev–Trinajstić information content (AvgIpc) is 3.05. The van der Waals surface area contributed by atoms with Gasteiger partial charge in [0.05, 0.1) is 17.2 Å². The van der Waals surface area contributed by atoms with Crippen LogP contribution >= 0.6 is 0 Å². The number of carbonyl (C=O) groups excluding carboxylic acids is 2. The predicted molar refractivity (Wildman–Crippen MR) is 82.8 cm³/mol. The van der Waals surface area contributed by atoms with E-state index in [1.165, 1.54) is 6.07 Å². The second kappa shape index (κ2) is 6.62. The SMILES string of the molecule is CN(C)CCN(C(=O)c1ccc(C=O)[nH]1)C1CCS(=O)(=O)C1. The van der Waals surface area contributed by atoms with E-state index in [9.17, 15) is 18.0 Å². The number of aromatic nitrogens is 1. The quantitative estimate of drug-likeness (QED) is 0.744. The summed E-state index contributed by atoms with van der Waals surface area (Å²) in [5.41, 5.74) is 0.639. The molecule has 2 rings (SSSR count). The molecular formula is C14H21N3O4S. The number of hydrogen-bond acceptors (Lipinski definition) is 5. The van der Waals surface area contributed by atoms with Crippen molar-refractivity contribution < 1.29 is 18.0 Å². The minimum Gasteiger partial charge on any atom is -0.348 e. The minimum absolute atomic E-state index is 0.00736. The van der Waals surface area contributed by atoms with Crippen molar-refractivity contribution in [2.75, 3.05) is 38.7 Å². The third-order valence-electron chi connectivity index (χ3n) is 3.76. The fourth-order valence-electron chi connectivity index (χ4n) is 2.54. The first-order valence-electron chi connectivity index (χ1n) is 7.13. The van der Waals surface area contributed by atoms with Crippen molar-refractivity contribution in [1.29, 1.82) is 0 Å². The summed E-state index contributed by atoms with van der Waals surface area (Å²) in [6.45, 7) is 1.09. The summed E-state index contributed by atoms with van der Waals surface area (Å²) in [6.07, 6.45) is 1.10. The highest BCUT2D eigenvalue weighted by Gasteiger charge is 2.35. The lowest BCUT2D eigenvalue weighted by Crippen LogP contribution is -2.44. The van der Waals surface area contributed by atoms with E-state index >= 15 is 0 Å². The number of aldehydes is 1. The molecule has 1 unspecified atom stereocenters. The molecule has 7 nitrogen and oxygen atoms in total. The zero-order chi connectivity index (χ0) is 16.3. The molecule has 1 aliphatic heterocycles. The van der Waals surface area contributed by atoms with Crippen molar-refractivity contribution in [2.45, 2.75) is 12.5 Å². The maximum Gasteiger partial charge on any atom is 0.270 e. The summed E-state index contributed by atoms with van der Waals surface area (Å²) in [5.74, 6) is -0.140. The van der Waals surface area contributed by atoms with Crippen LogP contribution in [-0.4, -0.2) is 80.1 Å². The summed E-state index contributed by atoms with van der Waals surface area (Å²) >= 11 is 0. The van der Waals surface area contributed by atoms with Gasteiger partial charge in [0.25, 0.3) is 5.91 Å². The van der Waals surface area contributed by atoms with E-state index in [4.69, 9.17) is 0 Å². The molecule has 1 aromatic heterocycles. The first kappa shape index (κ1) is 16.7. The number of nitrogens with zero attached hydrogens (tertiary/aromatic N) is 2. The van der Waals surface area contributed by atoms with Crippen LogP contribution in [0.3, 0.4) is 0 Å². The molecule has 0 spiro atoms. The van der Waals surface area contributed by atoms with Gasteiger partial charge in [-0.05, 0) is 32.6 Å². The van der Waals surface area contributed by atoms with Gasteiger partial charge < -0.3 is 14.8 Å². The molecule has 0 bridgehead atoms. The fourth-order valence-corrected chi connectivity index (χ4v) is 4.27. The van der Waals surface area contributed by atoms with E-state index in [1.807, 2.05) is 19.0 Å². The Balaban J connectivity index is 2.19. The van der Waals surface area contributed by atoms with Gasteiger partial charge in [0, 0.05) is 19.1 Å². The van der Waals surface area contributed by atoms with Crippen LogP contribution in [0.5, 0.6) is 0 Å². The van der Waals surface area contributed by atoms with Crippen LogP contribution < -0.4 is 0 Å². The van der Waals surface area contributed by atoms with Gasteiger partial charge in [-0.2, -0.15) is 0 Å². The summed E-state index contributed by atoms with van der Waals surface area (Å²) in [6, 6.07) is 2.79. The maximum atomic E-state index is 12.7. The highest BCUT2D eigenvalue weighted by molar-refractivity contribution is 7.91. The van der Waals surface area contributed by atoms with E-state index < -0.39 is 9.84 Å². The predicted octanol–water partition coefficient (Wildman–Crippen LogP) is 0.0181. The van der Waals surface area contributed by atoms with Gasteiger partial charge in [-0.3, -0.25) is 9.59 Å². The van der Waals surface area contributed by atoms with E-state index in [-0.39, 0.29) is 23.5 Å². The van der Waals surface area contributed by atoms with Crippen molar-refractivity contribution in [3.05, 3.63) is 23.5 Å². The Hall–Kier alpha value is -1.67. The molecular weight excluding hydrogens is 306 g/mol. The van der Waals surface area contributed by atoms with Crippen LogP contribution in [0, 0.1) is 0 Å². The highest BCUT2D eigenvalue weighted by atomic mass is 32.2. The molecule has 1 amide bonds. The highest BCUT2D eigenvalue weighted by Crippen LogP contribution is 2.20. The molecule has 1 saturated heterocycles. The Morgan fingerprint density at radius 3 is 2.59 bits per heavy atom. The molecule has 8 heteroatoms. The fraction of sp³-hybridized carbons (Fsp3) is 0.571. The van der Waals surface area contributed by atoms with Gasteiger partial charge in [-0.25, -0.2) is 8.42 Å². The second-order valence-corrected chi connectivity index (χ2v) is 8.03. The largest absolute Gasteiger partial charge is 0.348 e. The van der Waals surface area contributed by atoms with Crippen molar-refractivity contribution in [1.82, 2.24) is 14.8 Å². The van der Waals surface area contributed by atoms with Crippen LogP contribution in [0.1, 0.15) is 27.4 Å². The van der Waals surface area contributed by atoms with Crippen molar-refractivity contribution in [3.8, 4) is 0 Å². The van der Waals surface area contributed by atoms with Crippen molar-refractivity contribution >= 4 is 22.0 Å². The second-order valence-electron chi connectivity index (χ2n) is 5.80. The lowest BCUT2D eigenvalue weighted by atomic mass is 10.2. The Kier molecular flexibility index (Phi) is 5.02. The number of rotatable bonds is 6. The first-order chi connectivity index (χ1) is 10.3. The summed E-state index contributed by atoms with van der Waals surface area (Å²) in [5, 5.41) is 0. The number of likely N-dealkylation sites (N-methyl/N-ethyl adjacent to an activating group) is 1. The molecule has 1 aliphatic rings. The number of aromatic amines is 1. The molecule has 0 radical (unpaired) electrons. The van der Waals surface area contributed by atoms with Gasteiger partial charge in [-0.1, -0.05) is 0 Å². The van der Waals surface area contributed by atoms with E-state index in [2.05, 4.69) is 4.98 Å². The maximum absolute atomic E-state index is 12.7. The van der Waals surface area contributed by atoms with Crippen LogP contribution in [0.2, 0.25) is 0 Å². The average molecular weight is 327 g/mol.